The van der Waals surface area contributed by atoms with E-state index in [-0.39, 0.29) is 18.3 Å². The van der Waals surface area contributed by atoms with E-state index in [1.807, 2.05) is 0 Å². The molecule has 1 aromatic rings. The van der Waals surface area contributed by atoms with Crippen LogP contribution in [0, 0.1) is 5.92 Å². The first-order valence-electron chi connectivity index (χ1n) is 7.73. The van der Waals surface area contributed by atoms with Crippen molar-refractivity contribution >= 4 is 11.7 Å². The summed E-state index contributed by atoms with van der Waals surface area (Å²) in [6.07, 6.45) is 3.76. The van der Waals surface area contributed by atoms with Gasteiger partial charge in [0, 0.05) is 38.8 Å². The molecular weight excluding hydrogens is 282 g/mol. The summed E-state index contributed by atoms with van der Waals surface area (Å²) in [5.74, 6) is 0.689. The highest BCUT2D eigenvalue weighted by atomic mass is 16.3. The topological polar surface area (TPSA) is 95.6 Å². The van der Waals surface area contributed by atoms with Crippen LogP contribution in [-0.2, 0) is 0 Å². The lowest BCUT2D eigenvalue weighted by Gasteiger charge is -2.42. The molecule has 2 heterocycles. The van der Waals surface area contributed by atoms with Gasteiger partial charge in [0.15, 0.2) is 0 Å². The van der Waals surface area contributed by atoms with Gasteiger partial charge in [-0.1, -0.05) is 13.8 Å². The Kier molecular flexibility index (Phi) is 5.68. The Hall–Kier alpha value is -1.73. The van der Waals surface area contributed by atoms with Crippen molar-refractivity contribution in [1.82, 2.24) is 14.9 Å². The van der Waals surface area contributed by atoms with Gasteiger partial charge in [0.2, 0.25) is 0 Å². The largest absolute Gasteiger partial charge is 0.396 e. The Balaban J connectivity index is 2.11. The van der Waals surface area contributed by atoms with Crippen molar-refractivity contribution in [2.24, 2.45) is 11.7 Å². The number of nitrogens with two attached hydrogens (primary N) is 1. The fourth-order valence-corrected chi connectivity index (χ4v) is 2.86. The summed E-state index contributed by atoms with van der Waals surface area (Å²) in [4.78, 5) is 24.1. The average molecular weight is 307 g/mol. The molecule has 0 aromatic carbocycles. The zero-order valence-corrected chi connectivity index (χ0v) is 13.3. The molecule has 0 bridgehead atoms. The molecule has 1 aliphatic heterocycles. The predicted octanol–water partition coefficient (Wildman–Crippen LogP) is 0.105. The fourth-order valence-electron chi connectivity index (χ4n) is 2.86. The highest BCUT2D eigenvalue weighted by Gasteiger charge is 2.28. The zero-order valence-electron chi connectivity index (χ0n) is 13.3. The Morgan fingerprint density at radius 1 is 1.45 bits per heavy atom. The summed E-state index contributed by atoms with van der Waals surface area (Å²) in [5, 5.41) is 9.31. The molecule has 1 saturated heterocycles. The van der Waals surface area contributed by atoms with Gasteiger partial charge >= 0.3 is 0 Å². The van der Waals surface area contributed by atoms with Crippen molar-refractivity contribution in [3.63, 3.8) is 0 Å². The maximum Gasteiger partial charge on any atom is 0.268 e. The molecule has 122 valence electrons. The molecule has 0 aliphatic carbocycles. The van der Waals surface area contributed by atoms with Gasteiger partial charge in [-0.2, -0.15) is 0 Å². The standard InChI is InChI=1S/C15H25N5O2/c1-11(2)9-19-4-5-20(10-12(19)3-6-21)14-8-17-7-13(18-14)15(16)22/h7-8,11-12,21H,3-6,9-10H2,1-2H3,(H2,16,22). The number of anilines is 1. The number of primary amides is 1. The SMILES string of the molecule is CC(C)CN1CCN(c2cncc(C(N)=O)n2)CC1CCO. The average Bonchev–Trinajstić information content (AvgIpc) is 2.49. The van der Waals surface area contributed by atoms with Gasteiger partial charge in [-0.15, -0.1) is 0 Å². The van der Waals surface area contributed by atoms with Crippen molar-refractivity contribution in [2.45, 2.75) is 26.3 Å². The number of amides is 1. The maximum absolute atomic E-state index is 11.2. The number of hydrogen-bond donors (Lipinski definition) is 2. The first kappa shape index (κ1) is 16.6. The Morgan fingerprint density at radius 2 is 2.23 bits per heavy atom. The van der Waals surface area contributed by atoms with E-state index >= 15 is 0 Å². The Bertz CT molecular complexity index is 508. The first-order valence-corrected chi connectivity index (χ1v) is 7.73. The minimum Gasteiger partial charge on any atom is -0.396 e. The number of carbonyl (C=O) groups excluding carboxylic acids is 1. The molecule has 1 unspecified atom stereocenters. The van der Waals surface area contributed by atoms with Crippen molar-refractivity contribution in [2.75, 3.05) is 37.7 Å². The number of carbonyl (C=O) groups is 1. The molecule has 0 radical (unpaired) electrons. The summed E-state index contributed by atoms with van der Waals surface area (Å²) < 4.78 is 0. The van der Waals surface area contributed by atoms with E-state index in [2.05, 4.69) is 33.6 Å². The van der Waals surface area contributed by atoms with Crippen molar-refractivity contribution in [3.05, 3.63) is 18.1 Å². The van der Waals surface area contributed by atoms with Crippen LogP contribution in [0.3, 0.4) is 0 Å². The Morgan fingerprint density at radius 3 is 2.86 bits per heavy atom. The number of nitrogens with zero attached hydrogens (tertiary/aromatic N) is 4. The molecule has 1 aromatic heterocycles. The number of aromatic nitrogens is 2. The molecule has 1 atom stereocenters. The van der Waals surface area contributed by atoms with Crippen molar-refractivity contribution in [1.29, 1.82) is 0 Å². The molecule has 7 heteroatoms. The van der Waals surface area contributed by atoms with E-state index in [9.17, 15) is 9.90 Å². The zero-order chi connectivity index (χ0) is 16.1. The molecular formula is C15H25N5O2. The smallest absolute Gasteiger partial charge is 0.268 e. The van der Waals surface area contributed by atoms with E-state index < -0.39 is 5.91 Å². The lowest BCUT2D eigenvalue weighted by Crippen LogP contribution is -2.54. The number of aliphatic hydroxyl groups is 1. The van der Waals surface area contributed by atoms with E-state index in [0.717, 1.165) is 32.6 Å². The molecule has 1 fully saturated rings. The third-order valence-corrected chi connectivity index (χ3v) is 3.86. The first-order chi connectivity index (χ1) is 10.5. The van der Waals surface area contributed by atoms with Crippen LogP contribution < -0.4 is 10.6 Å². The van der Waals surface area contributed by atoms with Crippen LogP contribution >= 0.6 is 0 Å². The van der Waals surface area contributed by atoms with Crippen molar-refractivity contribution in [3.8, 4) is 0 Å². The minimum absolute atomic E-state index is 0.167. The molecule has 7 nitrogen and oxygen atoms in total. The summed E-state index contributed by atoms with van der Waals surface area (Å²) >= 11 is 0. The van der Waals surface area contributed by atoms with Gasteiger partial charge < -0.3 is 15.7 Å². The van der Waals surface area contributed by atoms with Gasteiger partial charge in [0.05, 0.1) is 12.4 Å². The quantitative estimate of drug-likeness (QED) is 0.774. The van der Waals surface area contributed by atoms with Crippen LogP contribution in [0.5, 0.6) is 0 Å². The van der Waals surface area contributed by atoms with Gasteiger partial charge in [0.25, 0.3) is 5.91 Å². The number of piperazine rings is 1. The lowest BCUT2D eigenvalue weighted by molar-refractivity contribution is 0.0995. The molecule has 0 spiro atoms. The second-order valence-corrected chi connectivity index (χ2v) is 6.13. The highest BCUT2D eigenvalue weighted by Crippen LogP contribution is 2.19. The summed E-state index contributed by atoms with van der Waals surface area (Å²) in [6, 6.07) is 0.278. The summed E-state index contributed by atoms with van der Waals surface area (Å²) in [5.41, 5.74) is 5.44. The van der Waals surface area contributed by atoms with Gasteiger partial charge in [-0.25, -0.2) is 4.98 Å². The minimum atomic E-state index is -0.570. The molecule has 3 N–H and O–H groups in total. The fraction of sp³-hybridized carbons (Fsp3) is 0.667. The molecule has 2 rings (SSSR count). The third-order valence-electron chi connectivity index (χ3n) is 3.86. The van der Waals surface area contributed by atoms with E-state index in [1.165, 1.54) is 6.20 Å². The molecule has 22 heavy (non-hydrogen) atoms. The van der Waals surface area contributed by atoms with E-state index in [1.54, 1.807) is 6.20 Å². The van der Waals surface area contributed by atoms with Crippen LogP contribution in [0.1, 0.15) is 30.8 Å². The summed E-state index contributed by atoms with van der Waals surface area (Å²) in [7, 11) is 0. The van der Waals surface area contributed by atoms with E-state index in [4.69, 9.17) is 5.73 Å². The molecule has 1 amide bonds. The van der Waals surface area contributed by atoms with Crippen LogP contribution in [-0.4, -0.2) is 64.7 Å². The number of aliphatic hydroxyl groups excluding tert-OH is 1. The van der Waals surface area contributed by atoms with Crippen LogP contribution in [0.15, 0.2) is 12.4 Å². The lowest BCUT2D eigenvalue weighted by atomic mass is 10.1. The van der Waals surface area contributed by atoms with Gasteiger partial charge in [-0.3, -0.25) is 14.7 Å². The second kappa shape index (κ2) is 7.51. The molecule has 1 aliphatic rings. The van der Waals surface area contributed by atoms with Gasteiger partial charge in [-0.05, 0) is 12.3 Å². The highest BCUT2D eigenvalue weighted by molar-refractivity contribution is 5.90. The van der Waals surface area contributed by atoms with Crippen LogP contribution in [0.25, 0.3) is 0 Å². The van der Waals surface area contributed by atoms with Crippen LogP contribution in [0.4, 0.5) is 5.82 Å². The third kappa shape index (κ3) is 4.14. The van der Waals surface area contributed by atoms with Gasteiger partial charge in [0.1, 0.15) is 11.5 Å². The monoisotopic (exact) mass is 307 g/mol. The van der Waals surface area contributed by atoms with Crippen molar-refractivity contribution < 1.29 is 9.90 Å². The number of hydrogen-bond acceptors (Lipinski definition) is 6. The Labute approximate surface area is 131 Å². The number of rotatable bonds is 6. The van der Waals surface area contributed by atoms with Crippen LogP contribution in [0.2, 0.25) is 0 Å². The van der Waals surface area contributed by atoms with E-state index in [0.29, 0.717) is 11.7 Å². The molecule has 0 saturated carbocycles. The summed E-state index contributed by atoms with van der Waals surface area (Å²) in [6.45, 7) is 8.08. The second-order valence-electron chi connectivity index (χ2n) is 6.13. The normalized spacial score (nSPS) is 19.6. The predicted molar refractivity (Wildman–Crippen MR) is 84.7 cm³/mol. The maximum atomic E-state index is 11.2.